The standard InChI is InChI=1S/C8H11F3N2O3/c1-12-2-3-13(4-6(12)14)7(15)16-5-8(9,10)11/h2-5H2,1H3. The number of carbonyl (C=O) groups excluding carboxylic acids is 2. The molecule has 0 spiro atoms. The Hall–Kier alpha value is -1.47. The number of alkyl halides is 3. The van der Waals surface area contributed by atoms with E-state index >= 15 is 0 Å². The number of nitrogens with zero attached hydrogens (tertiary/aromatic N) is 2. The van der Waals surface area contributed by atoms with Gasteiger partial charge in [0.2, 0.25) is 5.91 Å². The highest BCUT2D eigenvalue weighted by Crippen LogP contribution is 2.15. The number of halogens is 3. The summed E-state index contributed by atoms with van der Waals surface area (Å²) in [7, 11) is 1.56. The molecule has 16 heavy (non-hydrogen) atoms. The molecule has 8 heteroatoms. The minimum absolute atomic E-state index is 0.179. The van der Waals surface area contributed by atoms with Crippen LogP contribution in [0.1, 0.15) is 0 Å². The normalized spacial score (nSPS) is 17.6. The fourth-order valence-corrected chi connectivity index (χ4v) is 1.15. The predicted molar refractivity (Wildman–Crippen MR) is 46.6 cm³/mol. The quantitative estimate of drug-likeness (QED) is 0.669. The Bertz CT molecular complexity index is 293. The van der Waals surface area contributed by atoms with E-state index in [4.69, 9.17) is 0 Å². The van der Waals surface area contributed by atoms with Crippen molar-refractivity contribution in [1.29, 1.82) is 0 Å². The number of hydrogen-bond donors (Lipinski definition) is 0. The minimum Gasteiger partial charge on any atom is -0.440 e. The number of carbonyl (C=O) groups is 2. The predicted octanol–water partition coefficient (Wildman–Crippen LogP) is 0.459. The van der Waals surface area contributed by atoms with Crippen molar-refractivity contribution in [3.63, 3.8) is 0 Å². The van der Waals surface area contributed by atoms with Crippen LogP contribution >= 0.6 is 0 Å². The third-order valence-electron chi connectivity index (χ3n) is 2.07. The SMILES string of the molecule is CN1CCN(C(=O)OCC(F)(F)F)CC1=O. The van der Waals surface area contributed by atoms with E-state index in [0.29, 0.717) is 6.54 Å². The second-order valence-electron chi connectivity index (χ2n) is 3.41. The van der Waals surface area contributed by atoms with Gasteiger partial charge in [-0.3, -0.25) is 9.69 Å². The summed E-state index contributed by atoms with van der Waals surface area (Å²) in [5.41, 5.74) is 0. The van der Waals surface area contributed by atoms with Gasteiger partial charge in [-0.15, -0.1) is 0 Å². The van der Waals surface area contributed by atoms with Crippen molar-refractivity contribution in [2.24, 2.45) is 0 Å². The molecule has 5 nitrogen and oxygen atoms in total. The van der Waals surface area contributed by atoms with Crippen LogP contribution in [0.2, 0.25) is 0 Å². The van der Waals surface area contributed by atoms with E-state index in [2.05, 4.69) is 4.74 Å². The van der Waals surface area contributed by atoms with Crippen molar-refractivity contribution in [3.8, 4) is 0 Å². The maximum absolute atomic E-state index is 11.8. The van der Waals surface area contributed by atoms with Gasteiger partial charge in [0.1, 0.15) is 6.54 Å². The summed E-state index contributed by atoms with van der Waals surface area (Å²) in [6, 6.07) is 0. The van der Waals surface area contributed by atoms with Gasteiger partial charge in [0.15, 0.2) is 6.61 Å². The van der Waals surface area contributed by atoms with E-state index in [9.17, 15) is 22.8 Å². The molecule has 0 aromatic heterocycles. The zero-order valence-electron chi connectivity index (χ0n) is 8.58. The van der Waals surface area contributed by atoms with Crippen molar-refractivity contribution >= 4 is 12.0 Å². The highest BCUT2D eigenvalue weighted by atomic mass is 19.4. The van der Waals surface area contributed by atoms with Gasteiger partial charge in [0, 0.05) is 20.1 Å². The molecular weight excluding hydrogens is 229 g/mol. The molecule has 92 valence electrons. The molecule has 0 aromatic carbocycles. The van der Waals surface area contributed by atoms with Crippen LogP contribution in [0.4, 0.5) is 18.0 Å². The Labute approximate surface area is 89.7 Å². The lowest BCUT2D eigenvalue weighted by atomic mass is 10.3. The van der Waals surface area contributed by atoms with E-state index in [1.54, 1.807) is 7.05 Å². The summed E-state index contributed by atoms with van der Waals surface area (Å²) in [6.45, 7) is -1.40. The number of hydrogen-bond acceptors (Lipinski definition) is 3. The summed E-state index contributed by atoms with van der Waals surface area (Å²) in [5, 5.41) is 0. The molecule has 1 fully saturated rings. The Balaban J connectivity index is 2.41. The fraction of sp³-hybridized carbons (Fsp3) is 0.750. The minimum atomic E-state index is -4.55. The lowest BCUT2D eigenvalue weighted by Crippen LogP contribution is -2.51. The van der Waals surface area contributed by atoms with Gasteiger partial charge in [0.25, 0.3) is 0 Å². The van der Waals surface area contributed by atoms with E-state index in [0.717, 1.165) is 4.90 Å². The molecule has 1 rings (SSSR count). The topological polar surface area (TPSA) is 49.9 Å². The smallest absolute Gasteiger partial charge is 0.422 e. The average molecular weight is 240 g/mol. The van der Waals surface area contributed by atoms with Crippen LogP contribution in [0, 0.1) is 0 Å². The van der Waals surface area contributed by atoms with Crippen molar-refractivity contribution in [2.45, 2.75) is 6.18 Å². The number of rotatable bonds is 1. The van der Waals surface area contributed by atoms with Gasteiger partial charge in [-0.25, -0.2) is 4.79 Å². The summed E-state index contributed by atoms with van der Waals surface area (Å²) in [5.74, 6) is -0.324. The first kappa shape index (κ1) is 12.6. The van der Waals surface area contributed by atoms with Crippen molar-refractivity contribution < 1.29 is 27.5 Å². The first-order valence-corrected chi connectivity index (χ1v) is 4.52. The van der Waals surface area contributed by atoms with Gasteiger partial charge in [-0.2, -0.15) is 13.2 Å². The Morgan fingerprint density at radius 3 is 2.56 bits per heavy atom. The van der Waals surface area contributed by atoms with Crippen molar-refractivity contribution in [1.82, 2.24) is 9.80 Å². The molecule has 0 atom stereocenters. The van der Waals surface area contributed by atoms with Crippen LogP contribution in [0.5, 0.6) is 0 Å². The van der Waals surface area contributed by atoms with Gasteiger partial charge >= 0.3 is 12.3 Å². The molecule has 0 N–H and O–H groups in total. The molecule has 1 aliphatic heterocycles. The van der Waals surface area contributed by atoms with E-state index in [1.807, 2.05) is 0 Å². The van der Waals surface area contributed by atoms with Crippen LogP contribution in [0.15, 0.2) is 0 Å². The highest BCUT2D eigenvalue weighted by Gasteiger charge is 2.32. The molecule has 0 aliphatic carbocycles. The van der Waals surface area contributed by atoms with Crippen LogP contribution in [0.3, 0.4) is 0 Å². The molecule has 0 saturated carbocycles. The maximum Gasteiger partial charge on any atom is 0.422 e. The monoisotopic (exact) mass is 240 g/mol. The summed E-state index contributed by atoms with van der Waals surface area (Å²) >= 11 is 0. The Morgan fingerprint density at radius 2 is 2.06 bits per heavy atom. The summed E-state index contributed by atoms with van der Waals surface area (Å²) in [4.78, 5) is 24.6. The summed E-state index contributed by atoms with van der Waals surface area (Å²) in [6.07, 6.45) is -5.66. The zero-order valence-corrected chi connectivity index (χ0v) is 8.58. The zero-order chi connectivity index (χ0) is 12.3. The van der Waals surface area contributed by atoms with Crippen LogP contribution in [-0.4, -0.2) is 61.3 Å². The van der Waals surface area contributed by atoms with Gasteiger partial charge < -0.3 is 9.64 Å². The largest absolute Gasteiger partial charge is 0.440 e. The molecule has 0 bridgehead atoms. The molecule has 1 heterocycles. The Kier molecular flexibility index (Phi) is 3.61. The molecule has 1 aliphatic rings. The van der Waals surface area contributed by atoms with Gasteiger partial charge in [-0.05, 0) is 0 Å². The molecule has 1 saturated heterocycles. The van der Waals surface area contributed by atoms with E-state index in [1.165, 1.54) is 4.90 Å². The number of amides is 2. The molecular formula is C8H11F3N2O3. The number of ether oxygens (including phenoxy) is 1. The first-order chi connectivity index (χ1) is 7.29. The maximum atomic E-state index is 11.8. The third kappa shape index (κ3) is 3.59. The van der Waals surface area contributed by atoms with Gasteiger partial charge in [0.05, 0.1) is 0 Å². The first-order valence-electron chi connectivity index (χ1n) is 4.52. The van der Waals surface area contributed by atoms with E-state index in [-0.39, 0.29) is 19.0 Å². The average Bonchev–Trinajstić information content (AvgIpc) is 2.17. The number of likely N-dealkylation sites (N-methyl/N-ethyl adjacent to an activating group) is 1. The fourth-order valence-electron chi connectivity index (χ4n) is 1.15. The summed E-state index contributed by atoms with van der Waals surface area (Å²) < 4.78 is 39.3. The second kappa shape index (κ2) is 4.58. The van der Waals surface area contributed by atoms with Gasteiger partial charge in [-0.1, -0.05) is 0 Å². The van der Waals surface area contributed by atoms with Crippen molar-refractivity contribution in [3.05, 3.63) is 0 Å². The van der Waals surface area contributed by atoms with Crippen LogP contribution in [0.25, 0.3) is 0 Å². The lowest BCUT2D eigenvalue weighted by molar-refractivity contribution is -0.163. The molecule has 0 aromatic rings. The van der Waals surface area contributed by atoms with Crippen molar-refractivity contribution in [2.75, 3.05) is 33.3 Å². The van der Waals surface area contributed by atoms with Crippen LogP contribution in [-0.2, 0) is 9.53 Å². The Morgan fingerprint density at radius 1 is 1.44 bits per heavy atom. The molecule has 2 amide bonds. The van der Waals surface area contributed by atoms with E-state index < -0.39 is 18.9 Å². The van der Waals surface area contributed by atoms with Crippen LogP contribution < -0.4 is 0 Å². The number of piperazine rings is 1. The highest BCUT2D eigenvalue weighted by molar-refractivity contribution is 5.83. The lowest BCUT2D eigenvalue weighted by Gasteiger charge is -2.31. The third-order valence-corrected chi connectivity index (χ3v) is 2.07. The molecule has 0 radical (unpaired) electrons. The second-order valence-corrected chi connectivity index (χ2v) is 3.41. The molecule has 0 unspecified atom stereocenters.